The molecule has 0 saturated carbocycles. The summed E-state index contributed by atoms with van der Waals surface area (Å²) < 4.78 is 6.94. The van der Waals surface area contributed by atoms with Gasteiger partial charge in [-0.1, -0.05) is 32.0 Å². The minimum absolute atomic E-state index is 0.445. The Labute approximate surface area is 128 Å². The first-order valence-electron chi connectivity index (χ1n) is 6.69. The van der Waals surface area contributed by atoms with Gasteiger partial charge in [-0.05, 0) is 28.1 Å². The molecule has 0 amide bonds. The van der Waals surface area contributed by atoms with Crippen molar-refractivity contribution in [1.82, 2.24) is 10.3 Å². The second-order valence-electron chi connectivity index (χ2n) is 4.91. The van der Waals surface area contributed by atoms with Crippen LogP contribution in [0.4, 0.5) is 0 Å². The van der Waals surface area contributed by atoms with Crippen LogP contribution in [0.1, 0.15) is 25.0 Å². The van der Waals surface area contributed by atoms with Crippen molar-refractivity contribution < 1.29 is 4.74 Å². The van der Waals surface area contributed by atoms with Gasteiger partial charge in [0.2, 0.25) is 0 Å². The molecule has 0 saturated heterocycles. The van der Waals surface area contributed by atoms with Crippen LogP contribution < -0.4 is 10.1 Å². The van der Waals surface area contributed by atoms with E-state index in [2.05, 4.69) is 46.1 Å². The maximum atomic E-state index is 5.96. The largest absolute Gasteiger partial charge is 0.487 e. The number of pyridine rings is 1. The average molecular weight is 335 g/mol. The summed E-state index contributed by atoms with van der Waals surface area (Å²) in [4.78, 5) is 4.10. The number of nitrogens with one attached hydrogen (secondary N) is 1. The van der Waals surface area contributed by atoms with E-state index in [1.165, 1.54) is 0 Å². The lowest BCUT2D eigenvalue weighted by atomic mass is 10.2. The van der Waals surface area contributed by atoms with Crippen LogP contribution in [0.2, 0.25) is 0 Å². The Morgan fingerprint density at radius 2 is 2.10 bits per heavy atom. The maximum absolute atomic E-state index is 5.96. The van der Waals surface area contributed by atoms with Gasteiger partial charge in [-0.2, -0.15) is 0 Å². The zero-order valence-electron chi connectivity index (χ0n) is 11.8. The van der Waals surface area contributed by atoms with Crippen molar-refractivity contribution in [2.24, 2.45) is 0 Å². The lowest BCUT2D eigenvalue weighted by molar-refractivity contribution is 0.299. The SMILES string of the molecule is CC(C)NCc1cccc(Br)c1OCc1cccnc1. The smallest absolute Gasteiger partial charge is 0.138 e. The van der Waals surface area contributed by atoms with Gasteiger partial charge in [0.25, 0.3) is 0 Å². The lowest BCUT2D eigenvalue weighted by Gasteiger charge is -2.15. The molecule has 0 aliphatic heterocycles. The minimum atomic E-state index is 0.445. The molecule has 0 spiro atoms. The van der Waals surface area contributed by atoms with E-state index in [0.29, 0.717) is 12.6 Å². The molecule has 1 aromatic heterocycles. The summed E-state index contributed by atoms with van der Waals surface area (Å²) in [7, 11) is 0. The summed E-state index contributed by atoms with van der Waals surface area (Å²) in [6.07, 6.45) is 3.59. The van der Waals surface area contributed by atoms with E-state index in [4.69, 9.17) is 4.74 Å². The number of halogens is 1. The van der Waals surface area contributed by atoms with Gasteiger partial charge in [0.05, 0.1) is 4.47 Å². The molecule has 0 aliphatic rings. The van der Waals surface area contributed by atoms with Crippen LogP contribution in [0.15, 0.2) is 47.2 Å². The van der Waals surface area contributed by atoms with Crippen molar-refractivity contribution in [3.05, 3.63) is 58.3 Å². The number of para-hydroxylation sites is 1. The van der Waals surface area contributed by atoms with Crippen molar-refractivity contribution in [3.63, 3.8) is 0 Å². The third-order valence-electron chi connectivity index (χ3n) is 2.86. The molecule has 106 valence electrons. The summed E-state index contributed by atoms with van der Waals surface area (Å²) in [5.74, 6) is 0.893. The van der Waals surface area contributed by atoms with Crippen LogP contribution in [-0.4, -0.2) is 11.0 Å². The molecule has 0 atom stereocenters. The normalized spacial score (nSPS) is 10.8. The molecule has 1 heterocycles. The number of ether oxygens (including phenoxy) is 1. The number of hydrogen-bond acceptors (Lipinski definition) is 3. The van der Waals surface area contributed by atoms with Gasteiger partial charge in [0.1, 0.15) is 12.4 Å². The predicted octanol–water partition coefficient (Wildman–Crippen LogP) is 3.92. The van der Waals surface area contributed by atoms with Gasteiger partial charge >= 0.3 is 0 Å². The fourth-order valence-electron chi connectivity index (χ4n) is 1.81. The first kappa shape index (κ1) is 15.0. The van der Waals surface area contributed by atoms with Crippen molar-refractivity contribution in [1.29, 1.82) is 0 Å². The molecule has 2 aromatic rings. The number of hydrogen-bond donors (Lipinski definition) is 1. The van der Waals surface area contributed by atoms with Crippen molar-refractivity contribution >= 4 is 15.9 Å². The molecule has 1 N–H and O–H groups in total. The second kappa shape index (κ2) is 7.41. The van der Waals surface area contributed by atoms with E-state index in [0.717, 1.165) is 27.9 Å². The first-order valence-corrected chi connectivity index (χ1v) is 7.48. The van der Waals surface area contributed by atoms with E-state index in [1.807, 2.05) is 30.5 Å². The predicted molar refractivity (Wildman–Crippen MR) is 84.7 cm³/mol. The first-order chi connectivity index (χ1) is 9.66. The zero-order valence-corrected chi connectivity index (χ0v) is 13.4. The molecule has 0 unspecified atom stereocenters. The average Bonchev–Trinajstić information content (AvgIpc) is 2.45. The Bertz CT molecular complexity index is 543. The van der Waals surface area contributed by atoms with E-state index in [1.54, 1.807) is 6.20 Å². The monoisotopic (exact) mass is 334 g/mol. The van der Waals surface area contributed by atoms with Crippen LogP contribution in [-0.2, 0) is 13.2 Å². The molecule has 1 aromatic carbocycles. The Morgan fingerprint density at radius 1 is 1.25 bits per heavy atom. The van der Waals surface area contributed by atoms with Crippen LogP contribution in [0, 0.1) is 0 Å². The van der Waals surface area contributed by atoms with Gasteiger partial charge in [-0.3, -0.25) is 4.98 Å². The van der Waals surface area contributed by atoms with Gasteiger partial charge < -0.3 is 10.1 Å². The van der Waals surface area contributed by atoms with E-state index >= 15 is 0 Å². The summed E-state index contributed by atoms with van der Waals surface area (Å²) in [6.45, 7) is 5.58. The lowest BCUT2D eigenvalue weighted by Crippen LogP contribution is -2.22. The highest BCUT2D eigenvalue weighted by Gasteiger charge is 2.09. The summed E-state index contributed by atoms with van der Waals surface area (Å²) in [5.41, 5.74) is 2.21. The fourth-order valence-corrected chi connectivity index (χ4v) is 2.33. The Balaban J connectivity index is 2.09. The molecular weight excluding hydrogens is 316 g/mol. The van der Waals surface area contributed by atoms with Gasteiger partial charge in [-0.25, -0.2) is 0 Å². The summed E-state index contributed by atoms with van der Waals surface area (Å²) in [5, 5.41) is 3.41. The van der Waals surface area contributed by atoms with E-state index < -0.39 is 0 Å². The van der Waals surface area contributed by atoms with Gasteiger partial charge in [-0.15, -0.1) is 0 Å². The van der Waals surface area contributed by atoms with E-state index in [-0.39, 0.29) is 0 Å². The molecule has 4 heteroatoms. The molecule has 3 nitrogen and oxygen atoms in total. The zero-order chi connectivity index (χ0) is 14.4. The Kier molecular flexibility index (Phi) is 5.56. The van der Waals surface area contributed by atoms with E-state index in [9.17, 15) is 0 Å². The number of nitrogens with zero attached hydrogens (tertiary/aromatic N) is 1. The van der Waals surface area contributed by atoms with Crippen LogP contribution in [0.25, 0.3) is 0 Å². The number of benzene rings is 1. The molecule has 2 rings (SSSR count). The second-order valence-corrected chi connectivity index (χ2v) is 5.77. The Morgan fingerprint density at radius 3 is 2.80 bits per heavy atom. The molecule has 0 fully saturated rings. The van der Waals surface area contributed by atoms with Crippen LogP contribution in [0.3, 0.4) is 0 Å². The van der Waals surface area contributed by atoms with Crippen molar-refractivity contribution in [3.8, 4) is 5.75 Å². The Hall–Kier alpha value is -1.39. The standard InChI is InChI=1S/C16H19BrN2O/c1-12(2)19-10-14-6-3-7-15(17)16(14)20-11-13-5-4-8-18-9-13/h3-9,12,19H,10-11H2,1-2H3. The maximum Gasteiger partial charge on any atom is 0.138 e. The molecule has 0 radical (unpaired) electrons. The number of rotatable bonds is 6. The highest BCUT2D eigenvalue weighted by Crippen LogP contribution is 2.29. The third kappa shape index (κ3) is 4.32. The molecule has 0 aliphatic carbocycles. The van der Waals surface area contributed by atoms with Gasteiger partial charge in [0.15, 0.2) is 0 Å². The van der Waals surface area contributed by atoms with Crippen molar-refractivity contribution in [2.75, 3.05) is 0 Å². The quantitative estimate of drug-likeness (QED) is 0.869. The minimum Gasteiger partial charge on any atom is -0.487 e. The molecule has 0 bridgehead atoms. The third-order valence-corrected chi connectivity index (χ3v) is 3.48. The highest BCUT2D eigenvalue weighted by molar-refractivity contribution is 9.10. The van der Waals surface area contributed by atoms with Crippen molar-refractivity contribution in [2.45, 2.75) is 33.0 Å². The fraction of sp³-hybridized carbons (Fsp3) is 0.312. The van der Waals surface area contributed by atoms with Gasteiger partial charge in [0, 0.05) is 36.1 Å². The topological polar surface area (TPSA) is 34.1 Å². The van der Waals surface area contributed by atoms with Crippen LogP contribution >= 0.6 is 15.9 Å². The molecule has 20 heavy (non-hydrogen) atoms. The number of aromatic nitrogens is 1. The van der Waals surface area contributed by atoms with Crippen LogP contribution in [0.5, 0.6) is 5.75 Å². The highest BCUT2D eigenvalue weighted by atomic mass is 79.9. The summed E-state index contributed by atoms with van der Waals surface area (Å²) in [6, 6.07) is 10.5. The molecular formula is C16H19BrN2O. The summed E-state index contributed by atoms with van der Waals surface area (Å²) >= 11 is 3.56.